The number of morpholine rings is 1. The van der Waals surface area contributed by atoms with Crippen LogP contribution in [0.5, 0.6) is 6.01 Å². The summed E-state index contributed by atoms with van der Waals surface area (Å²) in [6, 6.07) is 8.27. The van der Waals surface area contributed by atoms with Crippen molar-refractivity contribution in [3.05, 3.63) is 48.3 Å². The highest BCUT2D eigenvalue weighted by Crippen LogP contribution is 2.23. The number of carbonyl (C=O) groups excluding carboxylic acids is 1. The lowest BCUT2D eigenvalue weighted by Gasteiger charge is -2.29. The summed E-state index contributed by atoms with van der Waals surface area (Å²) < 4.78 is 37.8. The third kappa shape index (κ3) is 5.38. The highest BCUT2D eigenvalue weighted by molar-refractivity contribution is 7.89. The Bertz CT molecular complexity index is 971. The van der Waals surface area contributed by atoms with Crippen molar-refractivity contribution in [1.82, 2.24) is 19.6 Å². The number of amides is 1. The van der Waals surface area contributed by atoms with Crippen LogP contribution in [0.1, 0.15) is 36.0 Å². The largest absolute Gasteiger partial charge is 0.460 e. The minimum atomic E-state index is -3.57. The van der Waals surface area contributed by atoms with Crippen LogP contribution < -0.4 is 10.1 Å². The summed E-state index contributed by atoms with van der Waals surface area (Å²) in [4.78, 5) is 21.0. The molecular formula is C21H26N4O5S. The van der Waals surface area contributed by atoms with E-state index in [0.29, 0.717) is 37.9 Å². The molecule has 10 heteroatoms. The van der Waals surface area contributed by atoms with E-state index in [1.807, 2.05) is 0 Å². The fourth-order valence-electron chi connectivity index (χ4n) is 3.80. The highest BCUT2D eigenvalue weighted by Gasteiger charge is 2.27. The van der Waals surface area contributed by atoms with E-state index in [1.165, 1.54) is 16.4 Å². The van der Waals surface area contributed by atoms with Crippen LogP contribution in [0.25, 0.3) is 0 Å². The Morgan fingerprint density at radius 2 is 1.68 bits per heavy atom. The average Bonchev–Trinajstić information content (AvgIpc) is 2.82. The summed E-state index contributed by atoms with van der Waals surface area (Å²) in [5.74, 6) is -0.203. The zero-order chi connectivity index (χ0) is 21.7. The van der Waals surface area contributed by atoms with Crippen LogP contribution in [0.15, 0.2) is 47.6 Å². The van der Waals surface area contributed by atoms with E-state index in [2.05, 4.69) is 15.3 Å². The molecule has 0 atom stereocenters. The van der Waals surface area contributed by atoms with Crippen molar-refractivity contribution in [2.75, 3.05) is 26.3 Å². The van der Waals surface area contributed by atoms with Crippen LogP contribution in [0.4, 0.5) is 0 Å². The number of hydrogen-bond acceptors (Lipinski definition) is 7. The Morgan fingerprint density at radius 3 is 2.32 bits per heavy atom. The first kappa shape index (κ1) is 21.7. The molecule has 0 radical (unpaired) electrons. The van der Waals surface area contributed by atoms with Gasteiger partial charge >= 0.3 is 6.01 Å². The first-order valence-corrected chi connectivity index (χ1v) is 11.9. The second kappa shape index (κ2) is 9.71. The van der Waals surface area contributed by atoms with Gasteiger partial charge in [-0.05, 0) is 56.0 Å². The first-order chi connectivity index (χ1) is 15.0. The summed E-state index contributed by atoms with van der Waals surface area (Å²) in [6.07, 6.45) is 6.54. The summed E-state index contributed by atoms with van der Waals surface area (Å²) in [5.41, 5.74) is 0.442. The number of benzene rings is 1. The van der Waals surface area contributed by atoms with E-state index in [-0.39, 0.29) is 22.9 Å². The normalized spacial score (nSPS) is 22.6. The van der Waals surface area contributed by atoms with Gasteiger partial charge in [0.15, 0.2) is 0 Å². The maximum absolute atomic E-state index is 12.7. The number of hydrogen-bond donors (Lipinski definition) is 1. The number of sulfonamides is 1. The monoisotopic (exact) mass is 446 g/mol. The molecule has 1 aromatic heterocycles. The molecule has 1 aliphatic carbocycles. The van der Waals surface area contributed by atoms with Crippen molar-refractivity contribution in [3.63, 3.8) is 0 Å². The molecule has 1 amide bonds. The highest BCUT2D eigenvalue weighted by atomic mass is 32.2. The van der Waals surface area contributed by atoms with Crippen molar-refractivity contribution in [3.8, 4) is 6.01 Å². The van der Waals surface area contributed by atoms with Gasteiger partial charge in [-0.1, -0.05) is 0 Å². The lowest BCUT2D eigenvalue weighted by Crippen LogP contribution is -2.40. The van der Waals surface area contributed by atoms with Crippen molar-refractivity contribution in [2.24, 2.45) is 0 Å². The minimum absolute atomic E-state index is 0.0419. The van der Waals surface area contributed by atoms with Crippen LogP contribution in [0, 0.1) is 0 Å². The Kier molecular flexibility index (Phi) is 6.79. The van der Waals surface area contributed by atoms with Gasteiger partial charge in [0.25, 0.3) is 5.91 Å². The van der Waals surface area contributed by atoms with Gasteiger partial charge in [-0.15, -0.1) is 0 Å². The predicted molar refractivity (Wildman–Crippen MR) is 112 cm³/mol. The van der Waals surface area contributed by atoms with Crippen molar-refractivity contribution in [2.45, 2.75) is 42.7 Å². The standard InChI is InChI=1S/C21H26N4O5S/c26-20(24-17-4-6-18(7-5-17)30-21-22-10-1-11-23-21)16-2-8-19(9-3-16)31(27,28)25-12-14-29-15-13-25/h1-3,8-11,17-18H,4-7,12-15H2,(H,24,26). The van der Waals surface area contributed by atoms with E-state index in [9.17, 15) is 13.2 Å². The number of nitrogens with zero attached hydrogens (tertiary/aromatic N) is 3. The number of ether oxygens (including phenoxy) is 2. The van der Waals surface area contributed by atoms with Gasteiger partial charge in [0.05, 0.1) is 18.1 Å². The Hall–Kier alpha value is -2.56. The molecule has 1 aromatic carbocycles. The number of carbonyl (C=O) groups is 1. The third-order valence-corrected chi connectivity index (χ3v) is 7.46. The molecule has 2 aliphatic rings. The van der Waals surface area contributed by atoms with E-state index < -0.39 is 10.0 Å². The number of rotatable bonds is 6. The van der Waals surface area contributed by atoms with Crippen molar-refractivity contribution >= 4 is 15.9 Å². The lowest BCUT2D eigenvalue weighted by molar-refractivity contribution is 0.0730. The summed E-state index contributed by atoms with van der Waals surface area (Å²) in [7, 11) is -3.57. The van der Waals surface area contributed by atoms with E-state index >= 15 is 0 Å². The Labute approximate surface area is 181 Å². The van der Waals surface area contributed by atoms with Crippen molar-refractivity contribution < 1.29 is 22.7 Å². The molecule has 1 N–H and O–H groups in total. The minimum Gasteiger partial charge on any atom is -0.460 e. The summed E-state index contributed by atoms with van der Waals surface area (Å²) in [6.45, 7) is 1.47. The van der Waals surface area contributed by atoms with Crippen LogP contribution in [0.3, 0.4) is 0 Å². The molecule has 0 unspecified atom stereocenters. The summed E-state index contributed by atoms with van der Waals surface area (Å²) in [5, 5.41) is 3.04. The first-order valence-electron chi connectivity index (χ1n) is 10.4. The second-order valence-electron chi connectivity index (χ2n) is 7.64. The molecule has 4 rings (SSSR count). The van der Waals surface area contributed by atoms with Crippen LogP contribution in [-0.2, 0) is 14.8 Å². The quantitative estimate of drug-likeness (QED) is 0.718. The third-order valence-electron chi connectivity index (χ3n) is 5.55. The number of aromatic nitrogens is 2. The topological polar surface area (TPSA) is 111 Å². The lowest BCUT2D eigenvalue weighted by atomic mass is 9.92. The average molecular weight is 447 g/mol. The second-order valence-corrected chi connectivity index (χ2v) is 9.58. The van der Waals surface area contributed by atoms with Gasteiger partial charge < -0.3 is 14.8 Å². The van der Waals surface area contributed by atoms with E-state index in [4.69, 9.17) is 9.47 Å². The SMILES string of the molecule is O=C(NC1CCC(Oc2ncccn2)CC1)c1ccc(S(=O)(=O)N2CCOCC2)cc1. The van der Waals surface area contributed by atoms with Crippen LogP contribution in [0.2, 0.25) is 0 Å². The molecule has 166 valence electrons. The Balaban J connectivity index is 1.29. The number of nitrogens with one attached hydrogen (secondary N) is 1. The Morgan fingerprint density at radius 1 is 1.03 bits per heavy atom. The zero-order valence-corrected chi connectivity index (χ0v) is 18.0. The maximum Gasteiger partial charge on any atom is 0.316 e. The van der Waals surface area contributed by atoms with Gasteiger partial charge in [0.1, 0.15) is 6.10 Å². The van der Waals surface area contributed by atoms with Crippen molar-refractivity contribution in [1.29, 1.82) is 0 Å². The molecule has 9 nitrogen and oxygen atoms in total. The molecule has 1 saturated carbocycles. The van der Waals surface area contributed by atoms with E-state index in [0.717, 1.165) is 25.7 Å². The van der Waals surface area contributed by atoms with Gasteiger partial charge in [0, 0.05) is 37.1 Å². The molecule has 1 aliphatic heterocycles. The van der Waals surface area contributed by atoms with Gasteiger partial charge in [0.2, 0.25) is 10.0 Å². The van der Waals surface area contributed by atoms with Crippen LogP contribution in [-0.4, -0.2) is 67.0 Å². The summed E-state index contributed by atoms with van der Waals surface area (Å²) >= 11 is 0. The fourth-order valence-corrected chi connectivity index (χ4v) is 5.21. The fraction of sp³-hybridized carbons (Fsp3) is 0.476. The molecule has 2 heterocycles. The van der Waals surface area contributed by atoms with Crippen LogP contribution >= 0.6 is 0 Å². The maximum atomic E-state index is 12.7. The van der Waals surface area contributed by atoms with Gasteiger partial charge in [-0.2, -0.15) is 4.31 Å². The molecular weight excluding hydrogens is 420 g/mol. The molecule has 2 aromatic rings. The molecule has 1 saturated heterocycles. The predicted octanol–water partition coefficient (Wildman–Crippen LogP) is 1.62. The zero-order valence-electron chi connectivity index (χ0n) is 17.1. The van der Waals surface area contributed by atoms with Gasteiger partial charge in [-0.25, -0.2) is 18.4 Å². The molecule has 0 spiro atoms. The molecule has 2 fully saturated rings. The van der Waals surface area contributed by atoms with Gasteiger partial charge in [-0.3, -0.25) is 4.79 Å². The van der Waals surface area contributed by atoms with E-state index in [1.54, 1.807) is 30.6 Å². The molecule has 31 heavy (non-hydrogen) atoms. The molecule has 0 bridgehead atoms. The smallest absolute Gasteiger partial charge is 0.316 e.